The van der Waals surface area contributed by atoms with Crippen LogP contribution < -0.4 is 20.2 Å². The number of rotatable bonds is 11. The minimum Gasteiger partial charge on any atom is -0.493 e. The Balaban J connectivity index is 2.05. The van der Waals surface area contributed by atoms with Crippen LogP contribution in [-0.2, 0) is 16.0 Å². The molecule has 0 unspecified atom stereocenters. The Morgan fingerprint density at radius 2 is 1.94 bits per heavy atom. The summed E-state index contributed by atoms with van der Waals surface area (Å²) in [7, 11) is 1.54. The van der Waals surface area contributed by atoms with E-state index in [1.807, 2.05) is 30.3 Å². The molecule has 0 bridgehead atoms. The van der Waals surface area contributed by atoms with Crippen LogP contribution in [0.4, 0.5) is 4.79 Å². The summed E-state index contributed by atoms with van der Waals surface area (Å²) in [6.07, 6.45) is 2.74. The first-order chi connectivity index (χ1) is 15.1. The van der Waals surface area contributed by atoms with Crippen molar-refractivity contribution >= 4 is 18.2 Å². The molecule has 0 saturated carbocycles. The number of methoxy groups -OCH3 is 1. The Labute approximate surface area is 181 Å². The van der Waals surface area contributed by atoms with Gasteiger partial charge in [0.1, 0.15) is 12.6 Å². The van der Waals surface area contributed by atoms with Crippen LogP contribution >= 0.6 is 0 Å². The average Bonchev–Trinajstić information content (AvgIpc) is 2.78. The lowest BCUT2D eigenvalue weighted by Crippen LogP contribution is -2.47. The van der Waals surface area contributed by atoms with E-state index in [-0.39, 0.29) is 6.61 Å². The first kappa shape index (κ1) is 23.5. The third-order valence-electron chi connectivity index (χ3n) is 4.10. The molecular formula is C23H27N3O5. The standard InChI is InChI=1S/C23H27N3O5/c1-4-13-31-20-12-11-18(15-21(20)29-3)16-24-26-22(27)19(25-23(28)30-5-2)14-17-9-7-6-8-10-17/h4,6-12,15-16,19H,1,5,13-14H2,2-3H3,(H,25,28)(H,26,27)/b24-16-/t19-/m0/s1. The fourth-order valence-electron chi connectivity index (χ4n) is 2.65. The van der Waals surface area contributed by atoms with Gasteiger partial charge in [-0.15, -0.1) is 0 Å². The van der Waals surface area contributed by atoms with E-state index in [4.69, 9.17) is 14.2 Å². The lowest BCUT2D eigenvalue weighted by Gasteiger charge is -2.16. The summed E-state index contributed by atoms with van der Waals surface area (Å²) in [6, 6.07) is 13.8. The number of hydrogen-bond acceptors (Lipinski definition) is 6. The molecule has 1 atom stereocenters. The van der Waals surface area contributed by atoms with Crippen molar-refractivity contribution in [1.82, 2.24) is 10.7 Å². The van der Waals surface area contributed by atoms with Gasteiger partial charge in [0.25, 0.3) is 5.91 Å². The number of carbonyl (C=O) groups excluding carboxylic acids is 2. The van der Waals surface area contributed by atoms with Crippen LogP contribution in [0.2, 0.25) is 0 Å². The summed E-state index contributed by atoms with van der Waals surface area (Å²) in [5.74, 6) is 0.638. The maximum Gasteiger partial charge on any atom is 0.407 e. The molecule has 0 heterocycles. The summed E-state index contributed by atoms with van der Waals surface area (Å²) in [4.78, 5) is 24.5. The molecule has 0 aliphatic heterocycles. The van der Waals surface area contributed by atoms with Crippen molar-refractivity contribution in [2.75, 3.05) is 20.3 Å². The Bertz CT molecular complexity index is 899. The van der Waals surface area contributed by atoms with Crippen molar-refractivity contribution in [3.63, 3.8) is 0 Å². The predicted molar refractivity (Wildman–Crippen MR) is 119 cm³/mol. The Kier molecular flexibility index (Phi) is 9.61. The first-order valence-electron chi connectivity index (χ1n) is 9.79. The molecule has 2 aromatic rings. The van der Waals surface area contributed by atoms with Crippen LogP contribution in [-0.4, -0.2) is 44.6 Å². The summed E-state index contributed by atoms with van der Waals surface area (Å²) >= 11 is 0. The van der Waals surface area contributed by atoms with E-state index in [0.29, 0.717) is 30.1 Å². The molecule has 0 aliphatic carbocycles. The van der Waals surface area contributed by atoms with E-state index in [1.54, 1.807) is 31.2 Å². The van der Waals surface area contributed by atoms with Crippen LogP contribution in [0, 0.1) is 0 Å². The summed E-state index contributed by atoms with van der Waals surface area (Å²) in [5, 5.41) is 6.56. The van der Waals surface area contributed by atoms with Crippen molar-refractivity contribution < 1.29 is 23.8 Å². The first-order valence-corrected chi connectivity index (χ1v) is 9.79. The fraction of sp³-hybridized carbons (Fsp3) is 0.261. The number of carbonyl (C=O) groups is 2. The quantitative estimate of drug-likeness (QED) is 0.328. The van der Waals surface area contributed by atoms with E-state index in [0.717, 1.165) is 5.56 Å². The maximum atomic E-state index is 12.6. The molecule has 0 saturated heterocycles. The second-order valence-corrected chi connectivity index (χ2v) is 6.35. The van der Waals surface area contributed by atoms with E-state index in [9.17, 15) is 9.59 Å². The smallest absolute Gasteiger partial charge is 0.407 e. The fourth-order valence-corrected chi connectivity index (χ4v) is 2.65. The number of benzene rings is 2. The van der Waals surface area contributed by atoms with Crippen LogP contribution in [0.1, 0.15) is 18.1 Å². The van der Waals surface area contributed by atoms with Crippen LogP contribution in [0.3, 0.4) is 0 Å². The highest BCUT2D eigenvalue weighted by atomic mass is 16.5. The zero-order valence-corrected chi connectivity index (χ0v) is 17.7. The van der Waals surface area contributed by atoms with Gasteiger partial charge in [0.15, 0.2) is 11.5 Å². The topological polar surface area (TPSA) is 98.2 Å². The van der Waals surface area contributed by atoms with Crippen molar-refractivity contribution in [2.24, 2.45) is 5.10 Å². The molecule has 0 spiro atoms. The number of amides is 2. The Hall–Kier alpha value is -3.81. The van der Waals surface area contributed by atoms with E-state index >= 15 is 0 Å². The van der Waals surface area contributed by atoms with Crippen molar-refractivity contribution in [2.45, 2.75) is 19.4 Å². The summed E-state index contributed by atoms with van der Waals surface area (Å²) < 4.78 is 15.7. The highest BCUT2D eigenvalue weighted by Crippen LogP contribution is 2.27. The monoisotopic (exact) mass is 425 g/mol. The lowest BCUT2D eigenvalue weighted by molar-refractivity contribution is -0.123. The molecule has 2 rings (SSSR count). The molecule has 2 aromatic carbocycles. The predicted octanol–water partition coefficient (Wildman–Crippen LogP) is 3.07. The van der Waals surface area contributed by atoms with Gasteiger partial charge in [-0.2, -0.15) is 5.10 Å². The lowest BCUT2D eigenvalue weighted by atomic mass is 10.1. The van der Waals surface area contributed by atoms with Gasteiger partial charge in [-0.3, -0.25) is 4.79 Å². The average molecular weight is 425 g/mol. The minimum atomic E-state index is -0.845. The van der Waals surface area contributed by atoms with E-state index in [2.05, 4.69) is 22.4 Å². The molecule has 0 aliphatic rings. The summed E-state index contributed by atoms with van der Waals surface area (Å²) in [6.45, 7) is 5.87. The molecule has 0 aromatic heterocycles. The number of hydrogen-bond donors (Lipinski definition) is 2. The zero-order chi connectivity index (χ0) is 22.5. The second-order valence-electron chi connectivity index (χ2n) is 6.35. The molecule has 8 heteroatoms. The van der Waals surface area contributed by atoms with Crippen molar-refractivity contribution in [3.8, 4) is 11.5 Å². The number of nitrogens with zero attached hydrogens (tertiary/aromatic N) is 1. The molecule has 0 radical (unpaired) electrons. The number of nitrogens with one attached hydrogen (secondary N) is 2. The molecule has 164 valence electrons. The molecule has 2 amide bonds. The normalized spacial score (nSPS) is 11.4. The van der Waals surface area contributed by atoms with Crippen molar-refractivity contribution in [3.05, 3.63) is 72.3 Å². The van der Waals surface area contributed by atoms with Crippen LogP contribution in [0.5, 0.6) is 11.5 Å². The van der Waals surface area contributed by atoms with Gasteiger partial charge in [0.2, 0.25) is 0 Å². The number of ether oxygens (including phenoxy) is 3. The van der Waals surface area contributed by atoms with Crippen LogP contribution in [0.15, 0.2) is 66.3 Å². The molecule has 31 heavy (non-hydrogen) atoms. The van der Waals surface area contributed by atoms with Gasteiger partial charge in [-0.1, -0.05) is 43.0 Å². The van der Waals surface area contributed by atoms with Gasteiger partial charge in [-0.25, -0.2) is 10.2 Å². The van der Waals surface area contributed by atoms with Gasteiger partial charge in [0, 0.05) is 6.42 Å². The molecule has 8 nitrogen and oxygen atoms in total. The van der Waals surface area contributed by atoms with Gasteiger partial charge in [0.05, 0.1) is 19.9 Å². The largest absolute Gasteiger partial charge is 0.493 e. The van der Waals surface area contributed by atoms with Gasteiger partial charge >= 0.3 is 6.09 Å². The number of alkyl carbamates (subject to hydrolysis) is 1. The highest BCUT2D eigenvalue weighted by molar-refractivity contribution is 5.87. The van der Waals surface area contributed by atoms with Crippen molar-refractivity contribution in [1.29, 1.82) is 0 Å². The number of hydrazone groups is 1. The van der Waals surface area contributed by atoms with Gasteiger partial charge in [-0.05, 0) is 36.2 Å². The van der Waals surface area contributed by atoms with E-state index in [1.165, 1.54) is 13.3 Å². The zero-order valence-electron chi connectivity index (χ0n) is 17.7. The SMILES string of the molecule is C=CCOc1ccc(/C=N\NC(=O)[C@H](Cc2ccccc2)NC(=O)OCC)cc1OC. The summed E-state index contributed by atoms with van der Waals surface area (Å²) in [5.41, 5.74) is 4.05. The maximum absolute atomic E-state index is 12.6. The third-order valence-corrected chi connectivity index (χ3v) is 4.10. The molecule has 2 N–H and O–H groups in total. The van der Waals surface area contributed by atoms with E-state index < -0.39 is 18.0 Å². The Morgan fingerprint density at radius 1 is 1.16 bits per heavy atom. The van der Waals surface area contributed by atoms with Gasteiger partial charge < -0.3 is 19.5 Å². The van der Waals surface area contributed by atoms with Crippen LogP contribution in [0.25, 0.3) is 0 Å². The minimum absolute atomic E-state index is 0.206. The second kappa shape index (κ2) is 12.7. The molecular weight excluding hydrogens is 398 g/mol. The third kappa shape index (κ3) is 7.85. The highest BCUT2D eigenvalue weighted by Gasteiger charge is 2.21. The Morgan fingerprint density at radius 3 is 2.61 bits per heavy atom. The molecule has 0 fully saturated rings.